The van der Waals surface area contributed by atoms with Crippen LogP contribution >= 0.6 is 0 Å². The molecule has 0 radical (unpaired) electrons. The molecule has 2 N–H and O–H groups in total. The highest BCUT2D eigenvalue weighted by molar-refractivity contribution is 5.79. The van der Waals surface area contributed by atoms with Crippen LogP contribution in [0.3, 0.4) is 0 Å². The highest BCUT2D eigenvalue weighted by Gasteiger charge is 2.44. The molecule has 3 atom stereocenters. The van der Waals surface area contributed by atoms with E-state index in [9.17, 15) is 9.59 Å². The normalized spacial score (nSPS) is 21.5. The Bertz CT molecular complexity index is 1640. The number of H-pyrrole nitrogens is 2. The molecule has 4 heterocycles. The third kappa shape index (κ3) is 6.04. The first kappa shape index (κ1) is 29.4. The second kappa shape index (κ2) is 12.6. The van der Waals surface area contributed by atoms with Gasteiger partial charge in [0.25, 0.3) is 0 Å². The van der Waals surface area contributed by atoms with Crippen LogP contribution in [-0.2, 0) is 19.1 Å². The number of aromatic amines is 2. The van der Waals surface area contributed by atoms with E-state index in [0.29, 0.717) is 5.92 Å². The van der Waals surface area contributed by atoms with Crippen LogP contribution in [0, 0.1) is 11.8 Å². The van der Waals surface area contributed by atoms with Crippen molar-refractivity contribution in [2.24, 2.45) is 11.8 Å². The van der Waals surface area contributed by atoms with Crippen molar-refractivity contribution in [1.29, 1.82) is 0 Å². The molecule has 45 heavy (non-hydrogen) atoms. The summed E-state index contributed by atoms with van der Waals surface area (Å²) < 4.78 is 10.2. The summed E-state index contributed by atoms with van der Waals surface area (Å²) in [7, 11) is 3.11. The Morgan fingerprint density at radius 2 is 1.22 bits per heavy atom. The maximum atomic E-state index is 12.8. The molecule has 1 saturated carbocycles. The number of rotatable bonds is 10. The van der Waals surface area contributed by atoms with Crippen LogP contribution in [0.25, 0.3) is 33.6 Å². The first-order chi connectivity index (χ1) is 22.0. The highest BCUT2D eigenvalue weighted by Crippen LogP contribution is 2.47. The maximum Gasteiger partial charge on any atom is 0.249 e. The van der Waals surface area contributed by atoms with Gasteiger partial charge in [0.05, 0.1) is 35.9 Å². The third-order valence-electron chi connectivity index (χ3n) is 9.60. The van der Waals surface area contributed by atoms with Gasteiger partial charge in [0.15, 0.2) is 0 Å². The largest absolute Gasteiger partial charge is 0.375 e. The van der Waals surface area contributed by atoms with Gasteiger partial charge in [-0.05, 0) is 66.2 Å². The van der Waals surface area contributed by atoms with Crippen molar-refractivity contribution in [3.05, 3.63) is 72.6 Å². The second-order valence-electron chi connectivity index (χ2n) is 12.5. The molecule has 0 bridgehead atoms. The number of carbonyl (C=O) groups is 2. The molecule has 7 rings (SSSR count). The third-order valence-corrected chi connectivity index (χ3v) is 9.60. The standard InChI is InChI=1S/C35H40N6O4/c1-44-20-32(42)40-15-3-4-30(40)34-36-17-28(38-34)25-11-7-22(8-12-25)23-9-13-26(14-10-23)29-18-37-35(39-29)31-16-27(24-5-6-24)19-41(31)33(43)21-45-2/h7-14,17-18,24,27,30-31H,3-6,15-16,19-21H2,1-2H3,(H,36,38)(H,37,39)/t27-,30-,31-/m0/s1. The molecule has 2 saturated heterocycles. The maximum absolute atomic E-state index is 12.8. The molecule has 3 aliphatic rings. The number of ether oxygens (including phenoxy) is 2. The number of nitrogens with zero attached hydrogens (tertiary/aromatic N) is 4. The van der Waals surface area contributed by atoms with Gasteiger partial charge in [-0.15, -0.1) is 0 Å². The number of benzene rings is 2. The lowest BCUT2D eigenvalue weighted by molar-refractivity contribution is -0.137. The number of amides is 2. The minimum atomic E-state index is -0.0416. The molecule has 2 amide bonds. The Morgan fingerprint density at radius 3 is 1.76 bits per heavy atom. The van der Waals surface area contributed by atoms with Crippen molar-refractivity contribution >= 4 is 11.8 Å². The second-order valence-corrected chi connectivity index (χ2v) is 12.5. The number of methoxy groups -OCH3 is 2. The summed E-state index contributed by atoms with van der Waals surface area (Å²) in [5.41, 5.74) is 6.21. The zero-order chi connectivity index (χ0) is 30.9. The molecule has 10 nitrogen and oxygen atoms in total. The molecule has 2 aliphatic heterocycles. The molecule has 0 spiro atoms. The fraction of sp³-hybridized carbons (Fsp3) is 0.429. The molecular weight excluding hydrogens is 568 g/mol. The zero-order valence-electron chi connectivity index (χ0n) is 25.9. The lowest BCUT2D eigenvalue weighted by Crippen LogP contribution is -2.34. The monoisotopic (exact) mass is 608 g/mol. The summed E-state index contributed by atoms with van der Waals surface area (Å²) in [6.07, 6.45) is 9.06. The van der Waals surface area contributed by atoms with Gasteiger partial charge < -0.3 is 29.2 Å². The van der Waals surface area contributed by atoms with Crippen molar-refractivity contribution in [2.75, 3.05) is 40.5 Å². The number of carbonyl (C=O) groups excluding carboxylic acids is 2. The van der Waals surface area contributed by atoms with Gasteiger partial charge in [0.1, 0.15) is 24.9 Å². The molecule has 0 unspecified atom stereocenters. The molecule has 234 valence electrons. The molecule has 3 fully saturated rings. The van der Waals surface area contributed by atoms with Crippen LogP contribution in [0.5, 0.6) is 0 Å². The SMILES string of the molecule is COCC(=O)N1CCC[C@H]1c1ncc(-c2ccc(-c3ccc(-c4cnc([C@@H]5C[C@H](C6CC6)CN5C(=O)COC)[nH]4)cc3)cc2)[nH]1. The van der Waals surface area contributed by atoms with Crippen LogP contribution in [0.2, 0.25) is 0 Å². The van der Waals surface area contributed by atoms with Crippen molar-refractivity contribution in [3.8, 4) is 33.6 Å². The average Bonchev–Trinajstić information content (AvgIpc) is 3.51. The molecular formula is C35H40N6O4. The Labute approximate surface area is 263 Å². The predicted octanol–water partition coefficient (Wildman–Crippen LogP) is 5.39. The Kier molecular flexibility index (Phi) is 8.25. The van der Waals surface area contributed by atoms with E-state index >= 15 is 0 Å². The summed E-state index contributed by atoms with van der Waals surface area (Å²) in [5, 5.41) is 0. The molecule has 10 heteroatoms. The quantitative estimate of drug-likeness (QED) is 0.249. The molecule has 2 aromatic carbocycles. The first-order valence-electron chi connectivity index (χ1n) is 15.9. The zero-order valence-corrected chi connectivity index (χ0v) is 25.9. The summed E-state index contributed by atoms with van der Waals surface area (Å²) in [5.74, 6) is 2.97. The van der Waals surface area contributed by atoms with Crippen LogP contribution in [0.1, 0.15) is 55.8 Å². The van der Waals surface area contributed by atoms with E-state index in [4.69, 9.17) is 14.5 Å². The van der Waals surface area contributed by atoms with Crippen molar-refractivity contribution in [1.82, 2.24) is 29.7 Å². The molecule has 2 aromatic heterocycles. The number of hydrogen-bond donors (Lipinski definition) is 2. The van der Waals surface area contributed by atoms with Gasteiger partial charge in [0.2, 0.25) is 11.8 Å². The van der Waals surface area contributed by atoms with Gasteiger partial charge >= 0.3 is 0 Å². The van der Waals surface area contributed by atoms with Crippen LogP contribution in [0.15, 0.2) is 60.9 Å². The minimum absolute atomic E-state index is 0.00167. The van der Waals surface area contributed by atoms with E-state index < -0.39 is 0 Å². The highest BCUT2D eigenvalue weighted by atomic mass is 16.5. The van der Waals surface area contributed by atoms with Gasteiger partial charge in [0, 0.05) is 27.3 Å². The van der Waals surface area contributed by atoms with Crippen molar-refractivity contribution in [2.45, 2.75) is 44.2 Å². The van der Waals surface area contributed by atoms with E-state index in [1.165, 1.54) is 12.8 Å². The average molecular weight is 609 g/mol. The summed E-state index contributed by atoms with van der Waals surface area (Å²) in [6.45, 7) is 1.71. The lowest BCUT2D eigenvalue weighted by Gasteiger charge is -2.22. The Morgan fingerprint density at radius 1 is 0.711 bits per heavy atom. The fourth-order valence-electron chi connectivity index (χ4n) is 7.06. The number of nitrogens with one attached hydrogen (secondary N) is 2. The van der Waals surface area contributed by atoms with Gasteiger partial charge in [-0.2, -0.15) is 0 Å². The Balaban J connectivity index is 1.02. The van der Waals surface area contributed by atoms with E-state index in [0.717, 1.165) is 83.6 Å². The molecule has 4 aromatic rings. The number of likely N-dealkylation sites (tertiary alicyclic amines) is 2. The van der Waals surface area contributed by atoms with E-state index in [1.807, 2.05) is 22.2 Å². The first-order valence-corrected chi connectivity index (χ1v) is 15.9. The topological polar surface area (TPSA) is 116 Å². The summed E-state index contributed by atoms with van der Waals surface area (Å²) in [4.78, 5) is 45.4. The number of hydrogen-bond acceptors (Lipinski definition) is 6. The fourth-order valence-corrected chi connectivity index (χ4v) is 7.06. The van der Waals surface area contributed by atoms with Crippen LogP contribution in [0.4, 0.5) is 0 Å². The van der Waals surface area contributed by atoms with E-state index in [1.54, 1.807) is 14.2 Å². The van der Waals surface area contributed by atoms with E-state index in [-0.39, 0.29) is 37.1 Å². The predicted molar refractivity (Wildman–Crippen MR) is 170 cm³/mol. The number of aromatic nitrogens is 4. The lowest BCUT2D eigenvalue weighted by atomic mass is 10.0. The van der Waals surface area contributed by atoms with Gasteiger partial charge in [-0.3, -0.25) is 9.59 Å². The van der Waals surface area contributed by atoms with Crippen LogP contribution < -0.4 is 0 Å². The smallest absolute Gasteiger partial charge is 0.249 e. The minimum Gasteiger partial charge on any atom is -0.375 e. The van der Waals surface area contributed by atoms with Crippen molar-refractivity contribution in [3.63, 3.8) is 0 Å². The number of imidazole rings is 2. The van der Waals surface area contributed by atoms with E-state index in [2.05, 4.69) is 63.5 Å². The molecule has 1 aliphatic carbocycles. The van der Waals surface area contributed by atoms with Crippen molar-refractivity contribution < 1.29 is 19.1 Å². The summed E-state index contributed by atoms with van der Waals surface area (Å²) >= 11 is 0. The van der Waals surface area contributed by atoms with Crippen LogP contribution in [-0.4, -0.2) is 82.1 Å². The van der Waals surface area contributed by atoms with Gasteiger partial charge in [-0.25, -0.2) is 9.97 Å². The summed E-state index contributed by atoms with van der Waals surface area (Å²) in [6, 6.07) is 16.8. The van der Waals surface area contributed by atoms with Gasteiger partial charge in [-0.1, -0.05) is 48.5 Å². The Hall–Kier alpha value is -4.28.